The van der Waals surface area contributed by atoms with Crippen LogP contribution in [-0.4, -0.2) is 88.0 Å². The molecule has 3 aliphatic rings. The highest BCUT2D eigenvalue weighted by Crippen LogP contribution is 2.39. The predicted molar refractivity (Wildman–Crippen MR) is 243 cm³/mol. The molecule has 3 aliphatic heterocycles. The van der Waals surface area contributed by atoms with Crippen molar-refractivity contribution in [3.63, 3.8) is 0 Å². The molecule has 2 saturated heterocycles. The third kappa shape index (κ3) is 8.52. The van der Waals surface area contributed by atoms with Gasteiger partial charge in [-0.1, -0.05) is 36.9 Å². The number of aromatic nitrogens is 5. The summed E-state index contributed by atoms with van der Waals surface area (Å²) >= 11 is 6.69. The number of allylic oxidation sites excluding steroid dienone is 4. The predicted octanol–water partition coefficient (Wildman–Crippen LogP) is 9.07. The number of hydrogen-bond acceptors (Lipinski definition) is 10. The fourth-order valence-electron chi connectivity index (χ4n) is 8.83. The molecule has 0 saturated carbocycles. The summed E-state index contributed by atoms with van der Waals surface area (Å²) in [5.41, 5.74) is 8.54. The molecule has 0 spiro atoms. The van der Waals surface area contributed by atoms with Gasteiger partial charge in [-0.3, -0.25) is 9.58 Å². The molecule has 1 aromatic carbocycles. The van der Waals surface area contributed by atoms with E-state index in [4.69, 9.17) is 26.7 Å². The molecule has 0 bridgehead atoms. The van der Waals surface area contributed by atoms with E-state index < -0.39 is 0 Å². The zero-order valence-electron chi connectivity index (χ0n) is 35.0. The highest BCUT2D eigenvalue weighted by atomic mass is 35.5. The van der Waals surface area contributed by atoms with Crippen LogP contribution in [0.4, 0.5) is 29.0 Å². The third-order valence-electron chi connectivity index (χ3n) is 12.0. The van der Waals surface area contributed by atoms with Crippen LogP contribution in [0.2, 0.25) is 5.02 Å². The van der Waals surface area contributed by atoms with Gasteiger partial charge in [-0.2, -0.15) is 10.1 Å². The van der Waals surface area contributed by atoms with Crippen molar-refractivity contribution in [2.24, 2.45) is 13.0 Å². The number of nitrogens with zero attached hydrogens (tertiary/aromatic N) is 9. The van der Waals surface area contributed by atoms with Crippen molar-refractivity contribution < 1.29 is 0 Å². The van der Waals surface area contributed by atoms with Crippen LogP contribution >= 0.6 is 11.6 Å². The number of nitrogens with one attached hydrogen (secondary N) is 2. The van der Waals surface area contributed by atoms with Crippen molar-refractivity contribution in [1.29, 1.82) is 0 Å². The Morgan fingerprint density at radius 1 is 1.03 bits per heavy atom. The summed E-state index contributed by atoms with van der Waals surface area (Å²) < 4.78 is 2.03. The molecule has 58 heavy (non-hydrogen) atoms. The maximum Gasteiger partial charge on any atom is 0.227 e. The van der Waals surface area contributed by atoms with Gasteiger partial charge in [0.25, 0.3) is 0 Å². The SMILES string of the molecule is C=CCCC1=Cc2cc(Nc3nc(N4CCN(CC5CCN(c6ccc7c(C(CCC=C)C(=C)NC)nn(C)c7c6)C5)C(C)C4)ncc3Cl)cnc2N(C(C)C)C1=C. The normalized spacial score (nSPS) is 19.1. The number of anilines is 5. The van der Waals surface area contributed by atoms with Crippen LogP contribution in [-0.2, 0) is 7.05 Å². The lowest BCUT2D eigenvalue weighted by Crippen LogP contribution is -2.53. The molecule has 3 atom stereocenters. The third-order valence-corrected chi connectivity index (χ3v) is 12.3. The van der Waals surface area contributed by atoms with Gasteiger partial charge in [0.1, 0.15) is 10.8 Å². The van der Waals surface area contributed by atoms with Gasteiger partial charge in [0.2, 0.25) is 5.95 Å². The van der Waals surface area contributed by atoms with Crippen molar-refractivity contribution in [3.05, 3.63) is 108 Å². The van der Waals surface area contributed by atoms with Gasteiger partial charge in [0, 0.05) is 99.4 Å². The second-order valence-corrected chi connectivity index (χ2v) is 16.7. The minimum absolute atomic E-state index is 0.135. The highest BCUT2D eigenvalue weighted by molar-refractivity contribution is 6.32. The minimum atomic E-state index is 0.135. The van der Waals surface area contributed by atoms with Gasteiger partial charge < -0.3 is 25.3 Å². The van der Waals surface area contributed by atoms with Crippen molar-refractivity contribution >= 4 is 57.5 Å². The van der Waals surface area contributed by atoms with Crippen LogP contribution in [0.15, 0.2) is 92.1 Å². The summed E-state index contributed by atoms with van der Waals surface area (Å²) in [6.07, 6.45) is 14.4. The number of piperazine rings is 1. The Bertz CT molecular complexity index is 2200. The Hall–Kier alpha value is -5.13. The molecule has 3 aromatic heterocycles. The Morgan fingerprint density at radius 2 is 1.84 bits per heavy atom. The largest absolute Gasteiger partial charge is 0.391 e. The molecule has 3 unspecified atom stereocenters. The van der Waals surface area contributed by atoms with E-state index in [1.165, 1.54) is 23.1 Å². The van der Waals surface area contributed by atoms with Crippen LogP contribution in [0.3, 0.4) is 0 Å². The lowest BCUT2D eigenvalue weighted by Gasteiger charge is -2.41. The number of hydrogen-bond donors (Lipinski definition) is 2. The summed E-state index contributed by atoms with van der Waals surface area (Å²) in [6.45, 7) is 29.0. The standard InChI is InChI=1S/C46H60ClN11/c1-10-12-14-35-22-36-23-37(25-49-45(36)58(30(3)4)33(35)7)51-44-41(47)26-50-46(52-44)57-21-20-55(31(5)27-57)28-34-18-19-56(29-34)38-16-17-40-42(24-38)54(9)53-43(40)39(15-13-11-2)32(6)48-8/h10-11,16-17,22-26,30-31,34,39,48H,1-2,6-7,12-15,18-21,27-29H2,3-5,8-9H3,(H,50,51,52). The van der Waals surface area contributed by atoms with Crippen LogP contribution in [0, 0.1) is 5.92 Å². The van der Waals surface area contributed by atoms with Gasteiger partial charge in [-0.05, 0) is 94.7 Å². The Balaban J connectivity index is 0.978. The summed E-state index contributed by atoms with van der Waals surface area (Å²) in [5.74, 6) is 2.89. The van der Waals surface area contributed by atoms with Gasteiger partial charge in [0.15, 0.2) is 5.82 Å². The zero-order chi connectivity index (χ0) is 41.1. The molecule has 6 heterocycles. The number of rotatable bonds is 16. The van der Waals surface area contributed by atoms with Gasteiger partial charge >= 0.3 is 0 Å². The van der Waals surface area contributed by atoms with Crippen LogP contribution in [0.5, 0.6) is 0 Å². The Morgan fingerprint density at radius 3 is 2.59 bits per heavy atom. The quantitative estimate of drug-likeness (QED) is 0.107. The van der Waals surface area contributed by atoms with E-state index in [1.54, 1.807) is 6.20 Å². The summed E-state index contributed by atoms with van der Waals surface area (Å²) in [6, 6.07) is 9.53. The van der Waals surface area contributed by atoms with E-state index in [2.05, 4.69) is 113 Å². The van der Waals surface area contributed by atoms with E-state index in [0.29, 0.717) is 28.7 Å². The van der Waals surface area contributed by atoms with E-state index in [0.717, 1.165) is 105 Å². The molecule has 0 aliphatic carbocycles. The molecule has 2 N–H and O–H groups in total. The zero-order valence-corrected chi connectivity index (χ0v) is 35.8. The van der Waals surface area contributed by atoms with Crippen LogP contribution in [0.1, 0.15) is 70.1 Å². The molecular weight excluding hydrogens is 742 g/mol. The lowest BCUT2D eigenvalue weighted by atomic mass is 9.94. The molecule has 4 aromatic rings. The fraction of sp³-hybridized carbons (Fsp3) is 0.435. The highest BCUT2D eigenvalue weighted by Gasteiger charge is 2.32. The summed E-state index contributed by atoms with van der Waals surface area (Å²) in [4.78, 5) is 24.1. The van der Waals surface area contributed by atoms with Gasteiger partial charge in [-0.25, -0.2) is 9.97 Å². The lowest BCUT2D eigenvalue weighted by molar-refractivity contribution is 0.165. The maximum absolute atomic E-state index is 6.69. The van der Waals surface area contributed by atoms with Crippen molar-refractivity contribution in [2.75, 3.05) is 66.3 Å². The topological polar surface area (TPSA) is 93.5 Å². The second kappa shape index (κ2) is 17.8. The molecule has 7 rings (SSSR count). The molecule has 306 valence electrons. The smallest absolute Gasteiger partial charge is 0.227 e. The first-order valence-electron chi connectivity index (χ1n) is 20.8. The van der Waals surface area contributed by atoms with E-state index in [9.17, 15) is 0 Å². The molecule has 11 nitrogen and oxygen atoms in total. The first kappa shape index (κ1) is 41.0. The average molecular weight is 803 g/mol. The Kier molecular flexibility index (Phi) is 12.6. The second-order valence-electron chi connectivity index (χ2n) is 16.3. The average Bonchev–Trinajstić information content (AvgIpc) is 3.82. The minimum Gasteiger partial charge on any atom is -0.391 e. The van der Waals surface area contributed by atoms with E-state index in [-0.39, 0.29) is 12.0 Å². The summed E-state index contributed by atoms with van der Waals surface area (Å²) in [5, 5.41) is 13.4. The van der Waals surface area contributed by atoms with E-state index in [1.807, 2.05) is 37.1 Å². The number of aryl methyl sites for hydroxylation is 1. The van der Waals surface area contributed by atoms with Crippen molar-refractivity contribution in [2.45, 2.75) is 70.9 Å². The van der Waals surface area contributed by atoms with Gasteiger partial charge in [0.05, 0.1) is 29.3 Å². The molecule has 12 heteroatoms. The first-order chi connectivity index (χ1) is 28.0. The molecule has 2 fully saturated rings. The molecular formula is C46H60ClN11. The molecule has 0 amide bonds. The number of pyridine rings is 1. The van der Waals surface area contributed by atoms with Crippen LogP contribution < -0.4 is 25.3 Å². The van der Waals surface area contributed by atoms with Gasteiger partial charge in [-0.15, -0.1) is 13.2 Å². The van der Waals surface area contributed by atoms with Crippen molar-refractivity contribution in [1.82, 2.24) is 34.9 Å². The van der Waals surface area contributed by atoms with E-state index >= 15 is 0 Å². The number of halogens is 1. The first-order valence-corrected chi connectivity index (χ1v) is 21.1. The summed E-state index contributed by atoms with van der Waals surface area (Å²) in [7, 11) is 3.98. The number of likely N-dealkylation sites (N-methyl/N-ethyl adjacent to an activating group) is 1. The monoisotopic (exact) mass is 801 g/mol. The maximum atomic E-state index is 6.69. The van der Waals surface area contributed by atoms with Crippen molar-refractivity contribution in [3.8, 4) is 0 Å². The Labute approximate surface area is 349 Å². The van der Waals surface area contributed by atoms with Crippen LogP contribution in [0.25, 0.3) is 17.0 Å². The number of fused-ring (bicyclic) bond motifs is 2. The molecule has 0 radical (unpaired) electrons. The number of benzene rings is 1. The fourth-order valence-corrected chi connectivity index (χ4v) is 8.97.